The van der Waals surface area contributed by atoms with Crippen molar-refractivity contribution in [2.75, 3.05) is 0 Å². The predicted octanol–water partition coefficient (Wildman–Crippen LogP) is 1.16. The van der Waals surface area contributed by atoms with E-state index >= 15 is 0 Å². The minimum atomic E-state index is -4.48. The second kappa shape index (κ2) is 5.79. The van der Waals surface area contributed by atoms with Crippen molar-refractivity contribution in [3.63, 3.8) is 0 Å². The van der Waals surface area contributed by atoms with Crippen molar-refractivity contribution in [1.29, 1.82) is 0 Å². The third-order valence-electron chi connectivity index (χ3n) is 2.78. The molecule has 0 saturated carbocycles. The molecule has 22 heavy (non-hydrogen) atoms. The molecule has 0 fully saturated rings. The number of hydrogen-bond acceptors (Lipinski definition) is 5. The maximum absolute atomic E-state index is 12.2. The number of hydrogen-bond donors (Lipinski definition) is 0. The molecule has 2 rings (SSSR count). The molecule has 118 valence electrons. The summed E-state index contributed by atoms with van der Waals surface area (Å²) in [6.07, 6.45) is 0.887. The van der Waals surface area contributed by atoms with Gasteiger partial charge in [0, 0.05) is 31.4 Å². The summed E-state index contributed by atoms with van der Waals surface area (Å²) < 4.78 is 31.0. The highest BCUT2D eigenvalue weighted by Gasteiger charge is 2.24. The molecule has 2 aromatic rings. The maximum atomic E-state index is 12.2. The molecule has 7 nitrogen and oxygen atoms in total. The molecule has 0 atom stereocenters. The summed E-state index contributed by atoms with van der Waals surface area (Å²) in [7, 11) is -2.01. The molecule has 0 radical (unpaired) electrons. The van der Waals surface area contributed by atoms with E-state index in [-0.39, 0.29) is 15.8 Å². The van der Waals surface area contributed by atoms with Crippen LogP contribution in [0.15, 0.2) is 38.9 Å². The van der Waals surface area contributed by atoms with E-state index < -0.39 is 26.3 Å². The highest BCUT2D eigenvalue weighted by atomic mass is 35.5. The predicted molar refractivity (Wildman–Crippen MR) is 81.2 cm³/mol. The second-order valence-corrected chi connectivity index (χ2v) is 6.72. The Kier molecular flexibility index (Phi) is 4.37. The van der Waals surface area contributed by atoms with Crippen molar-refractivity contribution in [2.45, 2.75) is 4.90 Å². The van der Waals surface area contributed by atoms with Gasteiger partial charge in [-0.2, -0.15) is 8.42 Å². The Morgan fingerprint density at radius 2 is 1.77 bits per heavy atom. The molecule has 1 heterocycles. The average molecular weight is 365 g/mol. The van der Waals surface area contributed by atoms with Crippen molar-refractivity contribution < 1.29 is 12.6 Å². The monoisotopic (exact) mass is 364 g/mol. The van der Waals surface area contributed by atoms with Gasteiger partial charge in [0.2, 0.25) is 0 Å². The van der Waals surface area contributed by atoms with Gasteiger partial charge in [0.1, 0.15) is 0 Å². The van der Waals surface area contributed by atoms with E-state index in [0.717, 1.165) is 17.8 Å². The number of benzene rings is 1. The van der Waals surface area contributed by atoms with Gasteiger partial charge in [0.25, 0.3) is 5.56 Å². The molecule has 0 unspecified atom stereocenters. The van der Waals surface area contributed by atoms with Gasteiger partial charge in [-0.25, -0.2) is 4.79 Å². The lowest BCUT2D eigenvalue weighted by atomic mass is 10.3. The number of rotatable bonds is 3. The normalized spacial score (nSPS) is 11.5. The Hall–Kier alpha value is -1.77. The number of nitrogens with zero attached hydrogens (tertiary/aromatic N) is 2. The van der Waals surface area contributed by atoms with Gasteiger partial charge in [-0.15, -0.1) is 0 Å². The first kappa shape index (κ1) is 16.6. The lowest BCUT2D eigenvalue weighted by molar-refractivity contribution is 0.480. The number of halogens is 2. The van der Waals surface area contributed by atoms with E-state index in [1.165, 1.54) is 25.2 Å². The van der Waals surface area contributed by atoms with Crippen molar-refractivity contribution in [3.05, 3.63) is 55.3 Å². The van der Waals surface area contributed by atoms with Crippen molar-refractivity contribution in [3.8, 4) is 5.75 Å². The standard InChI is InChI=1S/C12H10Cl2N2O5S/c1-15-6-10(11(17)16(2)12(15)18)22(19,20)21-9-5-7(13)3-4-8(9)14/h3-6H,1-2H3. The van der Waals surface area contributed by atoms with Gasteiger partial charge < -0.3 is 8.75 Å². The summed E-state index contributed by atoms with van der Waals surface area (Å²) in [5, 5.41) is 0.220. The van der Waals surface area contributed by atoms with Crippen LogP contribution in [-0.2, 0) is 24.2 Å². The maximum Gasteiger partial charge on any atom is 0.346 e. The average Bonchev–Trinajstić information content (AvgIpc) is 2.44. The highest BCUT2D eigenvalue weighted by molar-refractivity contribution is 7.87. The van der Waals surface area contributed by atoms with Crippen LogP contribution in [0.2, 0.25) is 10.0 Å². The Morgan fingerprint density at radius 3 is 2.41 bits per heavy atom. The van der Waals surface area contributed by atoms with Gasteiger partial charge in [0.05, 0.1) is 5.02 Å². The largest absolute Gasteiger partial charge is 0.377 e. The minimum absolute atomic E-state index is 0.00891. The molecule has 10 heteroatoms. The summed E-state index contributed by atoms with van der Waals surface area (Å²) in [5.74, 6) is -0.218. The molecule has 1 aromatic carbocycles. The zero-order chi connectivity index (χ0) is 16.7. The van der Waals surface area contributed by atoms with E-state index in [9.17, 15) is 18.0 Å². The molecule has 0 amide bonds. The van der Waals surface area contributed by atoms with Gasteiger partial charge in [-0.1, -0.05) is 23.2 Å². The Bertz CT molecular complexity index is 962. The Morgan fingerprint density at radius 1 is 1.14 bits per heavy atom. The number of aromatic nitrogens is 2. The van der Waals surface area contributed by atoms with Crippen molar-refractivity contribution in [2.24, 2.45) is 14.1 Å². The number of aryl methyl sites for hydroxylation is 1. The van der Waals surface area contributed by atoms with Crippen LogP contribution in [0.4, 0.5) is 0 Å². The first-order valence-electron chi connectivity index (χ1n) is 5.79. The lowest BCUT2D eigenvalue weighted by Gasteiger charge is -2.10. The lowest BCUT2D eigenvalue weighted by Crippen LogP contribution is -2.39. The molecule has 0 saturated heterocycles. The molecule has 0 N–H and O–H groups in total. The third kappa shape index (κ3) is 3.03. The van der Waals surface area contributed by atoms with E-state index in [4.69, 9.17) is 27.4 Å². The fourth-order valence-electron chi connectivity index (χ4n) is 1.65. The van der Waals surface area contributed by atoms with Gasteiger partial charge in [-0.3, -0.25) is 9.36 Å². The van der Waals surface area contributed by atoms with Crippen LogP contribution in [-0.4, -0.2) is 17.6 Å². The third-order valence-corrected chi connectivity index (χ3v) is 4.54. The summed E-state index contributed by atoms with van der Waals surface area (Å²) in [4.78, 5) is 22.9. The quantitative estimate of drug-likeness (QED) is 0.762. The topological polar surface area (TPSA) is 87.4 Å². The Labute approximate surface area is 135 Å². The molecule has 0 spiro atoms. The molecule has 0 aliphatic rings. The molecule has 1 aromatic heterocycles. The first-order valence-corrected chi connectivity index (χ1v) is 7.96. The fraction of sp³-hybridized carbons (Fsp3) is 0.167. The van der Waals surface area contributed by atoms with E-state index in [0.29, 0.717) is 4.57 Å². The molecule has 0 aliphatic heterocycles. The second-order valence-electron chi connectivity index (χ2n) is 4.36. The van der Waals surface area contributed by atoms with Crippen LogP contribution in [0, 0.1) is 0 Å². The smallest absolute Gasteiger partial charge is 0.346 e. The van der Waals surface area contributed by atoms with E-state index in [2.05, 4.69) is 0 Å². The van der Waals surface area contributed by atoms with Crippen LogP contribution in [0.5, 0.6) is 5.75 Å². The van der Waals surface area contributed by atoms with E-state index in [1.807, 2.05) is 0 Å². The van der Waals surface area contributed by atoms with E-state index in [1.54, 1.807) is 0 Å². The summed E-state index contributed by atoms with van der Waals surface area (Å²) in [6.45, 7) is 0. The van der Waals surface area contributed by atoms with Gasteiger partial charge >= 0.3 is 15.8 Å². The highest BCUT2D eigenvalue weighted by Crippen LogP contribution is 2.29. The van der Waals surface area contributed by atoms with Crippen LogP contribution >= 0.6 is 23.2 Å². The molecular weight excluding hydrogens is 355 g/mol. The SMILES string of the molecule is Cn1cc(S(=O)(=O)Oc2cc(Cl)ccc2Cl)c(=O)n(C)c1=O. The van der Waals surface area contributed by atoms with Crippen LogP contribution in [0.3, 0.4) is 0 Å². The molecule has 0 bridgehead atoms. The van der Waals surface area contributed by atoms with Crippen molar-refractivity contribution >= 4 is 33.3 Å². The van der Waals surface area contributed by atoms with Gasteiger partial charge in [0.15, 0.2) is 10.6 Å². The minimum Gasteiger partial charge on any atom is -0.377 e. The summed E-state index contributed by atoms with van der Waals surface area (Å²) in [6, 6.07) is 4.01. The zero-order valence-electron chi connectivity index (χ0n) is 11.4. The van der Waals surface area contributed by atoms with Crippen LogP contribution in [0.1, 0.15) is 0 Å². The summed E-state index contributed by atoms with van der Waals surface area (Å²) >= 11 is 11.6. The Balaban J connectivity index is 2.60. The molecular formula is C12H10Cl2N2O5S. The van der Waals surface area contributed by atoms with Crippen LogP contribution in [0.25, 0.3) is 0 Å². The first-order chi connectivity index (χ1) is 10.1. The molecule has 0 aliphatic carbocycles. The fourth-order valence-corrected chi connectivity index (χ4v) is 3.12. The van der Waals surface area contributed by atoms with Crippen LogP contribution < -0.4 is 15.4 Å². The zero-order valence-corrected chi connectivity index (χ0v) is 13.7. The summed E-state index contributed by atoms with van der Waals surface area (Å²) in [5.41, 5.74) is -1.66. The van der Waals surface area contributed by atoms with Gasteiger partial charge in [-0.05, 0) is 12.1 Å². The van der Waals surface area contributed by atoms with Crippen molar-refractivity contribution in [1.82, 2.24) is 9.13 Å².